The quantitative estimate of drug-likeness (QED) is 0.726. The Labute approximate surface area is 165 Å². The third-order valence-electron chi connectivity index (χ3n) is 5.31. The van der Waals surface area contributed by atoms with Gasteiger partial charge in [0.25, 0.3) is 5.91 Å². The number of benzene rings is 1. The minimum atomic E-state index is -0.488. The number of ether oxygens (including phenoxy) is 2. The summed E-state index contributed by atoms with van der Waals surface area (Å²) in [6, 6.07) is 7.33. The lowest BCUT2D eigenvalue weighted by atomic mass is 9.94. The number of nitrogens with zero attached hydrogens (tertiary/aromatic N) is 1. The van der Waals surface area contributed by atoms with Crippen molar-refractivity contribution in [3.8, 4) is 5.75 Å². The molecule has 152 valence electrons. The monoisotopic (exact) mass is 388 g/mol. The topological polar surface area (TPSA) is 84.9 Å². The molecular formula is C21H28N2O5. The molecule has 1 aromatic rings. The molecule has 2 amide bonds. The highest BCUT2D eigenvalue weighted by molar-refractivity contribution is 5.94. The zero-order valence-electron chi connectivity index (χ0n) is 16.3. The number of hydrogen-bond acceptors (Lipinski definition) is 5. The molecule has 3 rings (SSSR count). The van der Waals surface area contributed by atoms with Crippen LogP contribution in [0, 0.1) is 5.92 Å². The molecule has 0 unspecified atom stereocenters. The van der Waals surface area contributed by atoms with Gasteiger partial charge in [0.1, 0.15) is 5.75 Å². The van der Waals surface area contributed by atoms with E-state index in [-0.39, 0.29) is 25.0 Å². The molecule has 0 bridgehead atoms. The second-order valence-electron chi connectivity index (χ2n) is 7.32. The molecule has 2 fully saturated rings. The summed E-state index contributed by atoms with van der Waals surface area (Å²) >= 11 is 0. The Morgan fingerprint density at radius 3 is 2.68 bits per heavy atom. The minimum Gasteiger partial charge on any atom is -0.492 e. The summed E-state index contributed by atoms with van der Waals surface area (Å²) in [7, 11) is 0. The van der Waals surface area contributed by atoms with Gasteiger partial charge in [-0.25, -0.2) is 0 Å². The van der Waals surface area contributed by atoms with Crippen molar-refractivity contribution in [2.75, 3.05) is 25.1 Å². The van der Waals surface area contributed by atoms with E-state index in [4.69, 9.17) is 9.47 Å². The van der Waals surface area contributed by atoms with Gasteiger partial charge in [-0.05, 0) is 31.9 Å². The molecule has 1 heterocycles. The van der Waals surface area contributed by atoms with Gasteiger partial charge in [-0.3, -0.25) is 14.4 Å². The van der Waals surface area contributed by atoms with Gasteiger partial charge in [0, 0.05) is 19.0 Å². The standard InChI is InChI=1S/C21H28N2O5/c1-2-27-18-11-7-6-10-17(18)22-19(24)14-28-21(26)15-12-20(25)23(13-15)16-8-4-3-5-9-16/h6-7,10-11,15-16H,2-5,8-9,12-14H2,1H3,(H,22,24)/t15-/m0/s1. The summed E-state index contributed by atoms with van der Waals surface area (Å²) in [6.07, 6.45) is 5.67. The summed E-state index contributed by atoms with van der Waals surface area (Å²) in [5, 5.41) is 2.69. The maximum atomic E-state index is 12.3. The summed E-state index contributed by atoms with van der Waals surface area (Å²) in [6.45, 7) is 2.36. The van der Waals surface area contributed by atoms with E-state index in [0.29, 0.717) is 24.6 Å². The number of esters is 1. The smallest absolute Gasteiger partial charge is 0.311 e. The first kappa shape index (κ1) is 20.2. The predicted molar refractivity (Wildman–Crippen MR) is 104 cm³/mol. The van der Waals surface area contributed by atoms with Crippen molar-refractivity contribution < 1.29 is 23.9 Å². The van der Waals surface area contributed by atoms with Crippen LogP contribution in [0.3, 0.4) is 0 Å². The number of anilines is 1. The van der Waals surface area contributed by atoms with Gasteiger partial charge in [-0.1, -0.05) is 31.4 Å². The molecule has 2 aliphatic rings. The van der Waals surface area contributed by atoms with Crippen LogP contribution in [-0.2, 0) is 19.1 Å². The Morgan fingerprint density at radius 2 is 1.93 bits per heavy atom. The van der Waals surface area contributed by atoms with Crippen molar-refractivity contribution in [2.24, 2.45) is 5.92 Å². The maximum Gasteiger partial charge on any atom is 0.311 e. The number of likely N-dealkylation sites (tertiary alicyclic amines) is 1. The summed E-state index contributed by atoms with van der Waals surface area (Å²) < 4.78 is 10.6. The van der Waals surface area contributed by atoms with Gasteiger partial charge in [0.2, 0.25) is 5.91 Å². The molecule has 1 aliphatic carbocycles. The highest BCUT2D eigenvalue weighted by Crippen LogP contribution is 2.29. The fourth-order valence-corrected chi connectivity index (χ4v) is 3.93. The first-order valence-electron chi connectivity index (χ1n) is 10.1. The van der Waals surface area contributed by atoms with Crippen LogP contribution in [0.2, 0.25) is 0 Å². The average Bonchev–Trinajstić information content (AvgIpc) is 3.10. The SMILES string of the molecule is CCOc1ccccc1NC(=O)COC(=O)[C@H]1CC(=O)N(C2CCCCC2)C1. The van der Waals surface area contributed by atoms with Gasteiger partial charge in [0.15, 0.2) is 6.61 Å². The molecule has 1 N–H and O–H groups in total. The zero-order chi connectivity index (χ0) is 19.9. The molecule has 1 atom stereocenters. The Bertz CT molecular complexity index is 715. The lowest BCUT2D eigenvalue weighted by Gasteiger charge is -2.31. The Hall–Kier alpha value is -2.57. The van der Waals surface area contributed by atoms with Crippen LogP contribution in [0.5, 0.6) is 5.75 Å². The zero-order valence-corrected chi connectivity index (χ0v) is 16.3. The Balaban J connectivity index is 1.47. The first-order valence-corrected chi connectivity index (χ1v) is 10.1. The summed E-state index contributed by atoms with van der Waals surface area (Å²) in [4.78, 5) is 38.6. The number of amides is 2. The second-order valence-corrected chi connectivity index (χ2v) is 7.32. The molecule has 1 aromatic carbocycles. The maximum absolute atomic E-state index is 12.3. The number of carbonyl (C=O) groups is 3. The van der Waals surface area contributed by atoms with Crippen LogP contribution < -0.4 is 10.1 Å². The molecule has 0 spiro atoms. The van der Waals surface area contributed by atoms with Crippen LogP contribution in [-0.4, -0.2) is 48.5 Å². The van der Waals surface area contributed by atoms with E-state index in [0.717, 1.165) is 25.7 Å². The van der Waals surface area contributed by atoms with Gasteiger partial charge in [-0.2, -0.15) is 0 Å². The number of nitrogens with one attached hydrogen (secondary N) is 1. The van der Waals surface area contributed by atoms with Gasteiger partial charge >= 0.3 is 5.97 Å². The normalized spacial score (nSPS) is 20.1. The number of carbonyl (C=O) groups excluding carboxylic acids is 3. The Morgan fingerprint density at radius 1 is 1.18 bits per heavy atom. The summed E-state index contributed by atoms with van der Waals surface area (Å²) in [5.74, 6) is -0.829. The van der Waals surface area contributed by atoms with Crippen molar-refractivity contribution in [1.29, 1.82) is 0 Å². The second kappa shape index (κ2) is 9.57. The lowest BCUT2D eigenvalue weighted by molar-refractivity contribution is -0.151. The van der Waals surface area contributed by atoms with Crippen LogP contribution in [0.25, 0.3) is 0 Å². The predicted octanol–water partition coefficient (Wildman–Crippen LogP) is 2.75. The largest absolute Gasteiger partial charge is 0.492 e. The van der Waals surface area contributed by atoms with Crippen molar-refractivity contribution in [1.82, 2.24) is 4.90 Å². The fourth-order valence-electron chi connectivity index (χ4n) is 3.93. The van der Waals surface area contributed by atoms with Crippen LogP contribution >= 0.6 is 0 Å². The molecule has 1 saturated heterocycles. The van der Waals surface area contributed by atoms with Crippen molar-refractivity contribution >= 4 is 23.5 Å². The van der Waals surface area contributed by atoms with Gasteiger partial charge in [-0.15, -0.1) is 0 Å². The van der Waals surface area contributed by atoms with Crippen molar-refractivity contribution in [3.63, 3.8) is 0 Å². The van der Waals surface area contributed by atoms with E-state index in [1.807, 2.05) is 17.9 Å². The molecule has 28 heavy (non-hydrogen) atoms. The number of rotatable bonds is 7. The van der Waals surface area contributed by atoms with E-state index < -0.39 is 17.8 Å². The summed E-state index contributed by atoms with van der Waals surface area (Å²) in [5.41, 5.74) is 0.532. The number of para-hydroxylation sites is 2. The minimum absolute atomic E-state index is 0.0175. The van der Waals surface area contributed by atoms with Gasteiger partial charge < -0.3 is 19.7 Å². The highest BCUT2D eigenvalue weighted by atomic mass is 16.5. The third kappa shape index (κ3) is 5.03. The molecule has 0 aromatic heterocycles. The molecular weight excluding hydrogens is 360 g/mol. The van der Waals surface area contributed by atoms with Gasteiger partial charge in [0.05, 0.1) is 18.2 Å². The van der Waals surface area contributed by atoms with E-state index in [9.17, 15) is 14.4 Å². The Kier molecular flexibility index (Phi) is 6.90. The molecule has 1 saturated carbocycles. The third-order valence-corrected chi connectivity index (χ3v) is 5.31. The lowest BCUT2D eigenvalue weighted by Crippen LogP contribution is -2.38. The fraction of sp³-hybridized carbons (Fsp3) is 0.571. The van der Waals surface area contributed by atoms with Crippen molar-refractivity contribution in [2.45, 2.75) is 51.5 Å². The molecule has 7 nitrogen and oxygen atoms in total. The van der Waals surface area contributed by atoms with Crippen LogP contribution in [0.1, 0.15) is 45.4 Å². The van der Waals surface area contributed by atoms with E-state index >= 15 is 0 Å². The van der Waals surface area contributed by atoms with E-state index in [1.165, 1.54) is 6.42 Å². The first-order chi connectivity index (χ1) is 13.6. The van der Waals surface area contributed by atoms with Crippen molar-refractivity contribution in [3.05, 3.63) is 24.3 Å². The highest BCUT2D eigenvalue weighted by Gasteiger charge is 2.39. The average molecular weight is 388 g/mol. The molecule has 7 heteroatoms. The molecule has 0 radical (unpaired) electrons. The molecule has 1 aliphatic heterocycles. The van der Waals surface area contributed by atoms with Crippen LogP contribution in [0.4, 0.5) is 5.69 Å². The van der Waals surface area contributed by atoms with Crippen LogP contribution in [0.15, 0.2) is 24.3 Å². The van der Waals surface area contributed by atoms with E-state index in [1.54, 1.807) is 18.2 Å². The van der Waals surface area contributed by atoms with E-state index in [2.05, 4.69) is 5.32 Å². The number of hydrogen-bond donors (Lipinski definition) is 1.